The quantitative estimate of drug-likeness (QED) is 0.578. The van der Waals surface area contributed by atoms with Gasteiger partial charge in [0.2, 0.25) is 0 Å². The fraction of sp³-hybridized carbons (Fsp3) is 0.385. The summed E-state index contributed by atoms with van der Waals surface area (Å²) in [6.45, 7) is 1.99. The molecule has 1 heterocycles. The summed E-state index contributed by atoms with van der Waals surface area (Å²) in [6.07, 6.45) is 1.11. The Balaban J connectivity index is 2.44. The Bertz CT molecular complexity index is 593. The molecule has 0 spiro atoms. The van der Waals surface area contributed by atoms with Crippen LogP contribution >= 0.6 is 45.8 Å². The molecular formula is C13H12Cl2INO3. The van der Waals surface area contributed by atoms with E-state index >= 15 is 0 Å². The number of benzene rings is 1. The van der Waals surface area contributed by atoms with E-state index in [4.69, 9.17) is 23.2 Å². The van der Waals surface area contributed by atoms with E-state index in [-0.39, 0.29) is 5.91 Å². The van der Waals surface area contributed by atoms with E-state index < -0.39 is 11.5 Å². The van der Waals surface area contributed by atoms with Crippen LogP contribution in [-0.4, -0.2) is 34.0 Å². The molecule has 0 radical (unpaired) electrons. The second kappa shape index (κ2) is 5.69. The molecule has 1 N–H and O–H groups in total. The number of aliphatic carboxylic acids is 1. The lowest BCUT2D eigenvalue weighted by atomic mass is 9.98. The molecule has 0 aromatic heterocycles. The van der Waals surface area contributed by atoms with Crippen LogP contribution in [0.15, 0.2) is 12.1 Å². The molecule has 20 heavy (non-hydrogen) atoms. The van der Waals surface area contributed by atoms with Crippen molar-refractivity contribution in [1.82, 2.24) is 4.90 Å². The normalized spacial score (nSPS) is 22.1. The maximum Gasteiger partial charge on any atom is 0.329 e. The second-order valence-electron chi connectivity index (χ2n) is 4.89. The number of nitrogens with zero attached hydrogens (tertiary/aromatic N) is 1. The van der Waals surface area contributed by atoms with Gasteiger partial charge in [-0.15, -0.1) is 0 Å². The number of likely N-dealkylation sites (tertiary alicyclic amines) is 1. The number of carbonyl (C=O) groups excluding carboxylic acids is 1. The average Bonchev–Trinajstić information content (AvgIpc) is 2.76. The highest BCUT2D eigenvalue weighted by Crippen LogP contribution is 2.34. The smallest absolute Gasteiger partial charge is 0.329 e. The second-order valence-corrected chi connectivity index (χ2v) is 6.81. The molecule has 1 aromatic carbocycles. The lowest BCUT2D eigenvalue weighted by Crippen LogP contribution is -2.50. The lowest BCUT2D eigenvalue weighted by Gasteiger charge is -2.31. The van der Waals surface area contributed by atoms with Crippen molar-refractivity contribution in [1.29, 1.82) is 0 Å². The standard InChI is InChI=1S/C13H12Cl2INO3/c1-13(12(19)20)3-2-4-17(13)11(18)8-5-7(14)6-9(15)10(8)16/h5-6H,2-4H2,1H3,(H,19,20). The first-order valence-electron chi connectivity index (χ1n) is 5.97. The topological polar surface area (TPSA) is 57.6 Å². The maximum atomic E-state index is 12.6. The molecule has 0 bridgehead atoms. The Morgan fingerprint density at radius 1 is 1.40 bits per heavy atom. The molecule has 108 valence electrons. The van der Waals surface area contributed by atoms with Crippen LogP contribution in [0.1, 0.15) is 30.1 Å². The first-order chi connectivity index (χ1) is 9.27. The van der Waals surface area contributed by atoms with Crippen molar-refractivity contribution in [2.75, 3.05) is 6.54 Å². The van der Waals surface area contributed by atoms with Crippen molar-refractivity contribution >= 4 is 57.7 Å². The summed E-state index contributed by atoms with van der Waals surface area (Å²) in [7, 11) is 0. The minimum atomic E-state index is -1.17. The van der Waals surface area contributed by atoms with Gasteiger partial charge in [0.15, 0.2) is 0 Å². The number of rotatable bonds is 2. The van der Waals surface area contributed by atoms with Crippen molar-refractivity contribution in [2.24, 2.45) is 0 Å². The highest BCUT2D eigenvalue weighted by Gasteiger charge is 2.46. The largest absolute Gasteiger partial charge is 0.480 e. The molecular weight excluding hydrogens is 416 g/mol. The number of carboxylic acids is 1. The van der Waals surface area contributed by atoms with E-state index in [0.717, 1.165) is 0 Å². The van der Waals surface area contributed by atoms with Gasteiger partial charge in [0, 0.05) is 15.1 Å². The zero-order valence-corrected chi connectivity index (χ0v) is 14.3. The highest BCUT2D eigenvalue weighted by molar-refractivity contribution is 14.1. The van der Waals surface area contributed by atoms with E-state index in [2.05, 4.69) is 0 Å². The van der Waals surface area contributed by atoms with E-state index in [9.17, 15) is 14.7 Å². The first-order valence-corrected chi connectivity index (χ1v) is 7.81. The van der Waals surface area contributed by atoms with Crippen LogP contribution in [-0.2, 0) is 4.79 Å². The lowest BCUT2D eigenvalue weighted by molar-refractivity contribution is -0.147. The average molecular weight is 428 g/mol. The number of halogens is 3. The van der Waals surface area contributed by atoms with Crippen LogP contribution < -0.4 is 0 Å². The summed E-state index contributed by atoms with van der Waals surface area (Å²) in [6, 6.07) is 3.08. The van der Waals surface area contributed by atoms with Crippen molar-refractivity contribution in [2.45, 2.75) is 25.3 Å². The van der Waals surface area contributed by atoms with Gasteiger partial charge in [0.1, 0.15) is 5.54 Å². The zero-order chi connectivity index (χ0) is 15.1. The Hall–Kier alpha value is -0.530. The predicted molar refractivity (Wildman–Crippen MR) is 85.5 cm³/mol. The molecule has 1 aromatic rings. The molecule has 1 unspecified atom stereocenters. The van der Waals surface area contributed by atoms with E-state index in [1.54, 1.807) is 13.0 Å². The highest BCUT2D eigenvalue weighted by atomic mass is 127. The number of amides is 1. The summed E-state index contributed by atoms with van der Waals surface area (Å²) < 4.78 is 0.582. The Morgan fingerprint density at radius 3 is 2.65 bits per heavy atom. The van der Waals surface area contributed by atoms with Gasteiger partial charge in [-0.3, -0.25) is 4.79 Å². The van der Waals surface area contributed by atoms with Gasteiger partial charge >= 0.3 is 5.97 Å². The summed E-state index contributed by atoms with van der Waals surface area (Å²) in [5.41, 5.74) is -0.827. The number of hydrogen-bond acceptors (Lipinski definition) is 2. The van der Waals surface area contributed by atoms with Crippen LogP contribution in [0.25, 0.3) is 0 Å². The van der Waals surface area contributed by atoms with Gasteiger partial charge in [-0.25, -0.2) is 4.79 Å². The van der Waals surface area contributed by atoms with Gasteiger partial charge in [-0.05, 0) is 54.5 Å². The van der Waals surface area contributed by atoms with Crippen molar-refractivity contribution < 1.29 is 14.7 Å². The summed E-state index contributed by atoms with van der Waals surface area (Å²) in [5, 5.41) is 10.1. The summed E-state index contributed by atoms with van der Waals surface area (Å²) in [5.74, 6) is -1.34. The van der Waals surface area contributed by atoms with Crippen LogP contribution in [0.2, 0.25) is 10.0 Å². The van der Waals surface area contributed by atoms with E-state index in [0.29, 0.717) is 38.6 Å². The third-order valence-corrected chi connectivity index (χ3v) is 5.57. The van der Waals surface area contributed by atoms with Crippen LogP contribution in [0, 0.1) is 3.57 Å². The third-order valence-electron chi connectivity index (χ3n) is 3.57. The Kier molecular flexibility index (Phi) is 4.51. The van der Waals surface area contributed by atoms with Gasteiger partial charge < -0.3 is 10.0 Å². The fourth-order valence-electron chi connectivity index (χ4n) is 2.37. The van der Waals surface area contributed by atoms with Crippen LogP contribution in [0.3, 0.4) is 0 Å². The van der Waals surface area contributed by atoms with Gasteiger partial charge in [-0.2, -0.15) is 0 Å². The molecule has 1 fully saturated rings. The summed E-state index contributed by atoms with van der Waals surface area (Å²) in [4.78, 5) is 25.5. The summed E-state index contributed by atoms with van der Waals surface area (Å²) >= 11 is 13.9. The van der Waals surface area contributed by atoms with Gasteiger partial charge in [0.05, 0.1) is 10.6 Å². The van der Waals surface area contributed by atoms with E-state index in [1.165, 1.54) is 11.0 Å². The number of hydrogen-bond donors (Lipinski definition) is 1. The van der Waals surface area contributed by atoms with Crippen molar-refractivity contribution in [3.8, 4) is 0 Å². The molecule has 2 rings (SSSR count). The van der Waals surface area contributed by atoms with Crippen LogP contribution in [0.5, 0.6) is 0 Å². The number of carbonyl (C=O) groups is 2. The molecule has 1 saturated heterocycles. The minimum Gasteiger partial charge on any atom is -0.480 e. The van der Waals surface area contributed by atoms with Gasteiger partial charge in [-0.1, -0.05) is 23.2 Å². The Morgan fingerprint density at radius 2 is 2.05 bits per heavy atom. The SMILES string of the molecule is CC1(C(=O)O)CCCN1C(=O)c1cc(Cl)cc(Cl)c1I. The molecule has 1 aliphatic heterocycles. The van der Waals surface area contributed by atoms with E-state index in [1.807, 2.05) is 22.6 Å². The molecule has 4 nitrogen and oxygen atoms in total. The predicted octanol–water partition coefficient (Wildman–Crippen LogP) is 3.68. The minimum absolute atomic E-state index is 0.345. The Labute approximate surface area is 140 Å². The molecule has 0 saturated carbocycles. The molecule has 1 aliphatic rings. The zero-order valence-electron chi connectivity index (χ0n) is 10.6. The molecule has 0 aliphatic carbocycles. The third kappa shape index (κ3) is 2.63. The molecule has 1 amide bonds. The first kappa shape index (κ1) is 15.9. The fourth-order valence-corrected chi connectivity index (χ4v) is 3.40. The van der Waals surface area contributed by atoms with Crippen molar-refractivity contribution in [3.63, 3.8) is 0 Å². The number of carboxylic acid groups (broad SMARTS) is 1. The maximum absolute atomic E-state index is 12.6. The van der Waals surface area contributed by atoms with Crippen LogP contribution in [0.4, 0.5) is 0 Å². The molecule has 7 heteroatoms. The monoisotopic (exact) mass is 427 g/mol. The molecule has 1 atom stereocenters. The van der Waals surface area contributed by atoms with Gasteiger partial charge in [0.25, 0.3) is 5.91 Å². The van der Waals surface area contributed by atoms with Crippen molar-refractivity contribution in [3.05, 3.63) is 31.3 Å².